The summed E-state index contributed by atoms with van der Waals surface area (Å²) in [6, 6.07) is 14.4. The summed E-state index contributed by atoms with van der Waals surface area (Å²) in [5.41, 5.74) is 2.58. The molecule has 5 nitrogen and oxygen atoms in total. The van der Waals surface area contributed by atoms with Crippen molar-refractivity contribution in [2.24, 2.45) is 0 Å². The Morgan fingerprint density at radius 2 is 1.73 bits per heavy atom. The van der Waals surface area contributed by atoms with E-state index in [0.717, 1.165) is 42.2 Å². The second kappa shape index (κ2) is 9.00. The number of nitrogens with one attached hydrogen (secondary N) is 1. The van der Waals surface area contributed by atoms with Crippen molar-refractivity contribution in [3.63, 3.8) is 0 Å². The van der Waals surface area contributed by atoms with Gasteiger partial charge in [-0.3, -0.25) is 4.79 Å². The molecule has 30 heavy (non-hydrogen) atoms. The molecule has 0 unspecified atom stereocenters. The zero-order valence-electron chi connectivity index (χ0n) is 16.3. The van der Waals surface area contributed by atoms with Crippen LogP contribution in [0.1, 0.15) is 15.9 Å². The minimum Gasteiger partial charge on any atom is -0.378 e. The molecular weight excluding hydrogens is 388 g/mol. The number of benzene rings is 2. The summed E-state index contributed by atoms with van der Waals surface area (Å²) in [5, 5.41) is 2.65. The minimum atomic E-state index is -0.682. The molecule has 0 saturated carbocycles. The van der Waals surface area contributed by atoms with Crippen LogP contribution in [-0.2, 0) is 11.3 Å². The van der Waals surface area contributed by atoms with Gasteiger partial charge in [0.2, 0.25) is 0 Å². The number of carbonyl (C=O) groups excluding carboxylic acids is 1. The third-order valence-electron chi connectivity index (χ3n) is 5.02. The predicted molar refractivity (Wildman–Crippen MR) is 110 cm³/mol. The van der Waals surface area contributed by atoms with E-state index in [2.05, 4.69) is 15.2 Å². The van der Waals surface area contributed by atoms with Gasteiger partial charge in [0.25, 0.3) is 5.91 Å². The highest BCUT2D eigenvalue weighted by Crippen LogP contribution is 2.22. The van der Waals surface area contributed by atoms with Crippen LogP contribution in [0.5, 0.6) is 0 Å². The van der Waals surface area contributed by atoms with Crippen LogP contribution in [0.3, 0.4) is 0 Å². The first kappa shape index (κ1) is 20.0. The second-order valence-corrected chi connectivity index (χ2v) is 7.00. The van der Waals surface area contributed by atoms with Crippen LogP contribution in [-0.4, -0.2) is 37.2 Å². The summed E-state index contributed by atoms with van der Waals surface area (Å²) in [7, 11) is 0. The molecule has 0 atom stereocenters. The minimum absolute atomic E-state index is 0.0143. The largest absolute Gasteiger partial charge is 0.378 e. The molecule has 1 fully saturated rings. The molecule has 0 bridgehead atoms. The number of ether oxygens (including phenoxy) is 1. The second-order valence-electron chi connectivity index (χ2n) is 7.00. The molecule has 0 aliphatic carbocycles. The smallest absolute Gasteiger partial charge is 0.251 e. The van der Waals surface area contributed by atoms with E-state index in [1.54, 1.807) is 12.1 Å². The molecule has 1 N–H and O–H groups in total. The maximum Gasteiger partial charge on any atom is 0.251 e. The summed E-state index contributed by atoms with van der Waals surface area (Å²) in [5.74, 6) is -0.735. The van der Waals surface area contributed by atoms with Gasteiger partial charge in [-0.15, -0.1) is 0 Å². The zero-order valence-corrected chi connectivity index (χ0v) is 16.3. The summed E-state index contributed by atoms with van der Waals surface area (Å²) in [6.07, 6.45) is 1.82. The molecule has 0 spiro atoms. The predicted octanol–water partition coefficient (Wildman–Crippen LogP) is 3.79. The quantitative estimate of drug-likeness (QED) is 0.697. The Hall–Kier alpha value is -3.32. The highest BCUT2D eigenvalue weighted by atomic mass is 19.1. The standard InChI is InChI=1S/C23H21F2N3O2/c24-20-7-5-19(21(25)13-20)15-27-23(29)17-3-1-16(2-4-17)18-6-8-22(26-14-18)28-9-11-30-12-10-28/h1-8,13-14H,9-12,15H2,(H,27,29). The number of amides is 1. The Morgan fingerprint density at radius 1 is 1.00 bits per heavy atom. The molecule has 7 heteroatoms. The molecule has 2 heterocycles. The van der Waals surface area contributed by atoms with Crippen LogP contribution in [0.4, 0.5) is 14.6 Å². The monoisotopic (exact) mass is 409 g/mol. The van der Waals surface area contributed by atoms with Crippen LogP contribution in [0, 0.1) is 11.6 Å². The molecule has 0 radical (unpaired) electrons. The molecule has 3 aromatic rings. The maximum atomic E-state index is 13.7. The molecule has 1 saturated heterocycles. The van der Waals surface area contributed by atoms with Crippen LogP contribution < -0.4 is 10.2 Å². The first-order valence-corrected chi connectivity index (χ1v) is 9.71. The van der Waals surface area contributed by atoms with Gasteiger partial charge in [0.05, 0.1) is 13.2 Å². The highest BCUT2D eigenvalue weighted by Gasteiger charge is 2.13. The third kappa shape index (κ3) is 4.63. The van der Waals surface area contributed by atoms with Gasteiger partial charge in [0, 0.05) is 48.6 Å². The number of anilines is 1. The van der Waals surface area contributed by atoms with Crippen molar-refractivity contribution < 1.29 is 18.3 Å². The number of hydrogen-bond donors (Lipinski definition) is 1. The number of nitrogens with zero attached hydrogens (tertiary/aromatic N) is 2. The fourth-order valence-corrected chi connectivity index (χ4v) is 3.29. The number of rotatable bonds is 5. The average molecular weight is 409 g/mol. The van der Waals surface area contributed by atoms with E-state index in [1.807, 2.05) is 30.5 Å². The molecule has 2 aromatic carbocycles. The van der Waals surface area contributed by atoms with Gasteiger partial charge in [-0.05, 0) is 35.9 Å². The zero-order chi connectivity index (χ0) is 20.9. The lowest BCUT2D eigenvalue weighted by Crippen LogP contribution is -2.36. The normalized spacial score (nSPS) is 13.9. The number of pyridine rings is 1. The lowest BCUT2D eigenvalue weighted by Gasteiger charge is -2.27. The van der Waals surface area contributed by atoms with Gasteiger partial charge >= 0.3 is 0 Å². The average Bonchev–Trinajstić information content (AvgIpc) is 2.79. The van der Waals surface area contributed by atoms with Crippen molar-refractivity contribution in [1.82, 2.24) is 10.3 Å². The van der Waals surface area contributed by atoms with Crippen molar-refractivity contribution in [3.05, 3.63) is 83.6 Å². The van der Waals surface area contributed by atoms with Crippen LogP contribution >= 0.6 is 0 Å². The third-order valence-corrected chi connectivity index (χ3v) is 5.02. The van der Waals surface area contributed by atoms with E-state index in [0.29, 0.717) is 18.8 Å². The summed E-state index contributed by atoms with van der Waals surface area (Å²) < 4.78 is 32.0. The SMILES string of the molecule is O=C(NCc1ccc(F)cc1F)c1ccc(-c2ccc(N3CCOCC3)nc2)cc1. The van der Waals surface area contributed by atoms with Gasteiger partial charge in [-0.25, -0.2) is 13.8 Å². The first-order valence-electron chi connectivity index (χ1n) is 9.71. The lowest BCUT2D eigenvalue weighted by atomic mass is 10.1. The van der Waals surface area contributed by atoms with E-state index >= 15 is 0 Å². The number of halogens is 2. The van der Waals surface area contributed by atoms with Crippen molar-refractivity contribution in [3.8, 4) is 11.1 Å². The van der Waals surface area contributed by atoms with E-state index in [-0.39, 0.29) is 18.0 Å². The summed E-state index contributed by atoms with van der Waals surface area (Å²) in [4.78, 5) is 19.1. The van der Waals surface area contributed by atoms with Crippen LogP contribution in [0.25, 0.3) is 11.1 Å². The van der Waals surface area contributed by atoms with Gasteiger partial charge in [-0.1, -0.05) is 18.2 Å². The van der Waals surface area contributed by atoms with Crippen LogP contribution in [0.2, 0.25) is 0 Å². The molecular formula is C23H21F2N3O2. The van der Waals surface area contributed by atoms with Gasteiger partial charge in [0.15, 0.2) is 0 Å². The Kier molecular flexibility index (Phi) is 5.99. The topological polar surface area (TPSA) is 54.5 Å². The van der Waals surface area contributed by atoms with E-state index in [9.17, 15) is 13.6 Å². The number of hydrogen-bond acceptors (Lipinski definition) is 4. The van der Waals surface area contributed by atoms with Gasteiger partial charge < -0.3 is 15.0 Å². The Bertz CT molecular complexity index is 1020. The lowest BCUT2D eigenvalue weighted by molar-refractivity contribution is 0.0950. The van der Waals surface area contributed by atoms with Crippen molar-refractivity contribution in [1.29, 1.82) is 0 Å². The molecule has 1 aliphatic rings. The highest BCUT2D eigenvalue weighted by molar-refractivity contribution is 5.94. The fourth-order valence-electron chi connectivity index (χ4n) is 3.29. The van der Waals surface area contributed by atoms with Crippen molar-refractivity contribution >= 4 is 11.7 Å². The molecule has 1 aromatic heterocycles. The van der Waals surface area contributed by atoms with Crippen LogP contribution in [0.15, 0.2) is 60.8 Å². The van der Waals surface area contributed by atoms with E-state index < -0.39 is 11.6 Å². The van der Waals surface area contributed by atoms with E-state index in [4.69, 9.17) is 4.74 Å². The molecule has 4 rings (SSSR count). The number of morpholine rings is 1. The molecule has 1 aliphatic heterocycles. The number of aromatic nitrogens is 1. The van der Waals surface area contributed by atoms with E-state index in [1.165, 1.54) is 6.07 Å². The first-order chi connectivity index (χ1) is 14.6. The fraction of sp³-hybridized carbons (Fsp3) is 0.217. The van der Waals surface area contributed by atoms with Crippen molar-refractivity contribution in [2.45, 2.75) is 6.54 Å². The Morgan fingerprint density at radius 3 is 2.40 bits per heavy atom. The summed E-state index contributed by atoms with van der Waals surface area (Å²) >= 11 is 0. The molecule has 1 amide bonds. The Labute approximate surface area is 173 Å². The summed E-state index contributed by atoms with van der Waals surface area (Å²) in [6.45, 7) is 3.07. The van der Waals surface area contributed by atoms with Gasteiger partial charge in [-0.2, -0.15) is 0 Å². The maximum absolute atomic E-state index is 13.7. The Balaban J connectivity index is 1.39. The van der Waals surface area contributed by atoms with Gasteiger partial charge in [0.1, 0.15) is 17.5 Å². The molecule has 154 valence electrons. The van der Waals surface area contributed by atoms with Crippen molar-refractivity contribution in [2.75, 3.05) is 31.2 Å². The number of carbonyl (C=O) groups is 1.